The molecule has 1 fully saturated rings. The van der Waals surface area contributed by atoms with Crippen LogP contribution in [0.15, 0.2) is 24.3 Å². The van der Waals surface area contributed by atoms with Crippen LogP contribution in [0, 0.1) is 12.8 Å². The van der Waals surface area contributed by atoms with Crippen molar-refractivity contribution in [3.05, 3.63) is 29.8 Å². The van der Waals surface area contributed by atoms with Crippen LogP contribution in [0.4, 0.5) is 5.69 Å². The summed E-state index contributed by atoms with van der Waals surface area (Å²) in [5.41, 5.74) is 1.92. The topological polar surface area (TPSA) is 78.4 Å². The largest absolute Gasteiger partial charge is 0.481 e. The maximum atomic E-state index is 11.9. The maximum absolute atomic E-state index is 11.9. The number of carbonyl (C=O) groups excluding carboxylic acids is 1. The lowest BCUT2D eigenvalue weighted by Gasteiger charge is -2.27. The zero-order chi connectivity index (χ0) is 15.2. The first-order valence-electron chi connectivity index (χ1n) is 7.37. The van der Waals surface area contributed by atoms with E-state index in [1.807, 2.05) is 31.2 Å². The first kappa shape index (κ1) is 15.5. The molecule has 1 aliphatic rings. The van der Waals surface area contributed by atoms with Gasteiger partial charge in [-0.1, -0.05) is 24.1 Å². The molecule has 5 nitrogen and oxygen atoms in total. The third-order valence-corrected chi connectivity index (χ3v) is 3.91. The molecule has 1 amide bonds. The maximum Gasteiger partial charge on any atom is 0.306 e. The van der Waals surface area contributed by atoms with E-state index in [-0.39, 0.29) is 24.4 Å². The second-order valence-corrected chi connectivity index (χ2v) is 5.69. The summed E-state index contributed by atoms with van der Waals surface area (Å²) in [6, 6.07) is 7.75. The molecule has 2 unspecified atom stereocenters. The molecule has 1 aliphatic carbocycles. The molecule has 0 heterocycles. The van der Waals surface area contributed by atoms with E-state index >= 15 is 0 Å². The van der Waals surface area contributed by atoms with E-state index < -0.39 is 5.97 Å². The van der Waals surface area contributed by atoms with E-state index in [1.165, 1.54) is 0 Å². The molecule has 0 saturated heterocycles. The molecule has 0 radical (unpaired) electrons. The molecule has 3 N–H and O–H groups in total. The van der Waals surface area contributed by atoms with Crippen LogP contribution in [0.1, 0.15) is 31.2 Å². The van der Waals surface area contributed by atoms with Crippen molar-refractivity contribution in [2.75, 3.05) is 11.9 Å². The Balaban J connectivity index is 1.76. The fraction of sp³-hybridized carbons (Fsp3) is 0.500. The summed E-state index contributed by atoms with van der Waals surface area (Å²) in [6.07, 6.45) is 3.17. The Morgan fingerprint density at radius 1 is 1.24 bits per heavy atom. The van der Waals surface area contributed by atoms with Crippen molar-refractivity contribution in [1.82, 2.24) is 5.32 Å². The first-order chi connectivity index (χ1) is 10.0. The minimum absolute atomic E-state index is 0.101. The van der Waals surface area contributed by atoms with Gasteiger partial charge in [0.1, 0.15) is 0 Å². The number of aryl methyl sites for hydroxylation is 1. The molecular formula is C16H22N2O3. The number of carbonyl (C=O) groups is 2. The van der Waals surface area contributed by atoms with Crippen LogP contribution >= 0.6 is 0 Å². The number of carboxylic acid groups (broad SMARTS) is 1. The van der Waals surface area contributed by atoms with Gasteiger partial charge < -0.3 is 15.7 Å². The number of nitrogens with one attached hydrogen (secondary N) is 2. The van der Waals surface area contributed by atoms with E-state index in [4.69, 9.17) is 5.11 Å². The smallest absolute Gasteiger partial charge is 0.306 e. The Morgan fingerprint density at radius 2 is 1.95 bits per heavy atom. The second-order valence-electron chi connectivity index (χ2n) is 5.69. The summed E-state index contributed by atoms with van der Waals surface area (Å²) in [6.45, 7) is 2.21. The number of amides is 1. The van der Waals surface area contributed by atoms with Crippen LogP contribution in [0.2, 0.25) is 0 Å². The van der Waals surface area contributed by atoms with Gasteiger partial charge in [0.2, 0.25) is 5.91 Å². The Hall–Kier alpha value is -1.88. The lowest BCUT2D eigenvalue weighted by Crippen LogP contribution is -2.40. The second kappa shape index (κ2) is 7.22. The van der Waals surface area contributed by atoms with Gasteiger partial charge in [0, 0.05) is 11.7 Å². The Labute approximate surface area is 124 Å². The van der Waals surface area contributed by atoms with E-state index in [9.17, 15) is 9.59 Å². The first-order valence-corrected chi connectivity index (χ1v) is 7.37. The van der Waals surface area contributed by atoms with Crippen molar-refractivity contribution < 1.29 is 14.7 Å². The van der Waals surface area contributed by atoms with Crippen LogP contribution in [0.5, 0.6) is 0 Å². The minimum Gasteiger partial charge on any atom is -0.481 e. The number of aliphatic carboxylic acids is 1. The number of rotatable bonds is 5. The highest BCUT2D eigenvalue weighted by Gasteiger charge is 2.26. The highest BCUT2D eigenvalue weighted by atomic mass is 16.4. The normalized spacial score (nSPS) is 21.8. The van der Waals surface area contributed by atoms with Crippen molar-refractivity contribution >= 4 is 17.6 Å². The average Bonchev–Trinajstić information content (AvgIpc) is 2.48. The van der Waals surface area contributed by atoms with E-state index in [0.717, 1.165) is 30.5 Å². The Morgan fingerprint density at radius 3 is 2.62 bits per heavy atom. The predicted molar refractivity (Wildman–Crippen MR) is 81.2 cm³/mol. The van der Waals surface area contributed by atoms with Crippen LogP contribution in [0.3, 0.4) is 0 Å². The molecule has 0 spiro atoms. The van der Waals surface area contributed by atoms with Crippen molar-refractivity contribution in [2.24, 2.45) is 5.92 Å². The predicted octanol–water partition coefficient (Wildman–Crippen LogP) is 2.17. The van der Waals surface area contributed by atoms with Gasteiger partial charge in [0.05, 0.1) is 12.5 Å². The molecule has 5 heteroatoms. The zero-order valence-corrected chi connectivity index (χ0v) is 12.3. The molecule has 2 rings (SSSR count). The Kier molecular flexibility index (Phi) is 5.33. The molecule has 0 aromatic heterocycles. The van der Waals surface area contributed by atoms with Gasteiger partial charge in [-0.05, 0) is 38.3 Å². The number of anilines is 1. The van der Waals surface area contributed by atoms with Gasteiger partial charge in [0.25, 0.3) is 0 Å². The quantitative estimate of drug-likeness (QED) is 0.776. The van der Waals surface area contributed by atoms with E-state index in [1.54, 1.807) is 0 Å². The third kappa shape index (κ3) is 4.86. The lowest BCUT2D eigenvalue weighted by atomic mass is 9.86. The standard InChI is InChI=1S/C16H22N2O3/c1-11-5-7-13(8-6-11)18-15(19)10-17-14-4-2-3-12(9-14)16(20)21/h5-8,12,14,17H,2-4,9-10H2,1H3,(H,18,19)(H,20,21). The van der Waals surface area contributed by atoms with Gasteiger partial charge in [-0.2, -0.15) is 0 Å². The monoisotopic (exact) mass is 290 g/mol. The third-order valence-electron chi connectivity index (χ3n) is 3.91. The lowest BCUT2D eigenvalue weighted by molar-refractivity contribution is -0.143. The number of hydrogen-bond acceptors (Lipinski definition) is 3. The average molecular weight is 290 g/mol. The van der Waals surface area contributed by atoms with Crippen molar-refractivity contribution in [2.45, 2.75) is 38.6 Å². The molecular weight excluding hydrogens is 268 g/mol. The summed E-state index contributed by atoms with van der Waals surface area (Å²) in [5, 5.41) is 15.0. The summed E-state index contributed by atoms with van der Waals surface area (Å²) in [7, 11) is 0. The van der Waals surface area contributed by atoms with Crippen molar-refractivity contribution in [1.29, 1.82) is 0 Å². The Bertz CT molecular complexity index is 499. The van der Waals surface area contributed by atoms with Crippen molar-refractivity contribution in [3.63, 3.8) is 0 Å². The molecule has 0 bridgehead atoms. The minimum atomic E-state index is -0.731. The fourth-order valence-corrected chi connectivity index (χ4v) is 2.68. The molecule has 21 heavy (non-hydrogen) atoms. The van der Waals surface area contributed by atoms with Gasteiger partial charge in [0.15, 0.2) is 0 Å². The number of hydrogen-bond donors (Lipinski definition) is 3. The number of carboxylic acids is 1. The molecule has 1 aromatic carbocycles. The van der Waals surface area contributed by atoms with E-state index in [2.05, 4.69) is 10.6 Å². The van der Waals surface area contributed by atoms with Crippen molar-refractivity contribution in [3.8, 4) is 0 Å². The summed E-state index contributed by atoms with van der Waals surface area (Å²) in [5.74, 6) is -1.11. The molecule has 1 aromatic rings. The van der Waals surface area contributed by atoms with Gasteiger partial charge in [-0.15, -0.1) is 0 Å². The summed E-state index contributed by atoms with van der Waals surface area (Å²) < 4.78 is 0. The van der Waals surface area contributed by atoms with Crippen LogP contribution in [-0.2, 0) is 9.59 Å². The van der Waals surface area contributed by atoms with Gasteiger partial charge in [-0.25, -0.2) is 0 Å². The SMILES string of the molecule is Cc1ccc(NC(=O)CNC2CCCC(C(=O)O)C2)cc1. The molecule has 1 saturated carbocycles. The van der Waals surface area contributed by atoms with Gasteiger partial charge >= 0.3 is 5.97 Å². The highest BCUT2D eigenvalue weighted by Crippen LogP contribution is 2.24. The van der Waals surface area contributed by atoms with Gasteiger partial charge in [-0.3, -0.25) is 9.59 Å². The summed E-state index contributed by atoms with van der Waals surface area (Å²) >= 11 is 0. The molecule has 114 valence electrons. The summed E-state index contributed by atoms with van der Waals surface area (Å²) in [4.78, 5) is 22.9. The van der Waals surface area contributed by atoms with Crippen LogP contribution in [0.25, 0.3) is 0 Å². The zero-order valence-electron chi connectivity index (χ0n) is 12.3. The van der Waals surface area contributed by atoms with E-state index in [0.29, 0.717) is 6.42 Å². The molecule has 0 aliphatic heterocycles. The number of benzene rings is 1. The van der Waals surface area contributed by atoms with Crippen LogP contribution in [-0.4, -0.2) is 29.6 Å². The van der Waals surface area contributed by atoms with Crippen LogP contribution < -0.4 is 10.6 Å². The highest BCUT2D eigenvalue weighted by molar-refractivity contribution is 5.92. The fourth-order valence-electron chi connectivity index (χ4n) is 2.68. The molecule has 2 atom stereocenters.